The molecule has 76 valence electrons. The van der Waals surface area contributed by atoms with Gasteiger partial charge in [0.15, 0.2) is 0 Å². The highest BCUT2D eigenvalue weighted by Gasteiger charge is 2.62. The van der Waals surface area contributed by atoms with Crippen molar-refractivity contribution >= 4 is 0 Å². The Morgan fingerprint density at radius 1 is 1.62 bits per heavy atom. The van der Waals surface area contributed by atoms with Gasteiger partial charge in [0, 0.05) is 7.11 Å². The number of fused-ring (bicyclic) bond motifs is 2. The van der Waals surface area contributed by atoms with Gasteiger partial charge >= 0.3 is 0 Å². The number of ether oxygens (including phenoxy) is 3. The Morgan fingerprint density at radius 2 is 2.31 bits per heavy atom. The zero-order valence-corrected chi connectivity index (χ0v) is 8.19. The summed E-state index contributed by atoms with van der Waals surface area (Å²) in [6, 6.07) is 0. The Kier molecular flexibility index (Phi) is 2.11. The molecule has 2 bridgehead atoms. The van der Waals surface area contributed by atoms with Crippen LogP contribution < -0.4 is 0 Å². The summed E-state index contributed by atoms with van der Waals surface area (Å²) in [6.45, 7) is 4.24. The highest BCUT2D eigenvalue weighted by molar-refractivity contribution is 5.09. The SMILES string of the molecule is COC(C)[C@@]12CO[C@@H]([C@H](C)O1)[C@@H]2O. The minimum absolute atomic E-state index is 0.0404. The molecular weight excluding hydrogens is 172 g/mol. The molecule has 0 radical (unpaired) electrons. The molecule has 0 aliphatic carbocycles. The third-order valence-corrected chi connectivity index (χ3v) is 3.22. The number of hydrogen-bond acceptors (Lipinski definition) is 4. The highest BCUT2D eigenvalue weighted by Crippen LogP contribution is 2.42. The maximum absolute atomic E-state index is 9.92. The van der Waals surface area contributed by atoms with Gasteiger partial charge in [-0.25, -0.2) is 0 Å². The van der Waals surface area contributed by atoms with Gasteiger partial charge in [0.25, 0.3) is 0 Å². The molecule has 1 N–H and O–H groups in total. The third-order valence-electron chi connectivity index (χ3n) is 3.22. The molecule has 0 aromatic heterocycles. The van der Waals surface area contributed by atoms with Crippen LogP contribution in [0.1, 0.15) is 13.8 Å². The summed E-state index contributed by atoms with van der Waals surface area (Å²) in [7, 11) is 1.62. The Hall–Kier alpha value is -0.160. The van der Waals surface area contributed by atoms with Crippen LogP contribution in [0, 0.1) is 0 Å². The highest BCUT2D eigenvalue weighted by atomic mass is 16.7. The molecule has 0 aromatic carbocycles. The van der Waals surface area contributed by atoms with Crippen molar-refractivity contribution in [2.45, 2.75) is 43.9 Å². The van der Waals surface area contributed by atoms with Gasteiger partial charge in [0.1, 0.15) is 17.8 Å². The molecule has 2 aliphatic rings. The van der Waals surface area contributed by atoms with Crippen LogP contribution in [-0.4, -0.2) is 48.8 Å². The van der Waals surface area contributed by atoms with E-state index < -0.39 is 11.7 Å². The van der Waals surface area contributed by atoms with Gasteiger partial charge in [0.2, 0.25) is 0 Å². The number of hydrogen-bond donors (Lipinski definition) is 1. The van der Waals surface area contributed by atoms with E-state index in [1.54, 1.807) is 7.11 Å². The monoisotopic (exact) mass is 188 g/mol. The standard InChI is InChI=1S/C9H16O4/c1-5-7-8(10)9(13-5,4-12-7)6(2)11-3/h5-8,10H,4H2,1-3H3/t5-,6?,7-,8-,9+/m0/s1. The molecule has 2 saturated heterocycles. The van der Waals surface area contributed by atoms with E-state index in [4.69, 9.17) is 14.2 Å². The first-order valence-electron chi connectivity index (χ1n) is 4.62. The second-order valence-corrected chi connectivity index (χ2v) is 3.88. The fraction of sp³-hybridized carbons (Fsp3) is 1.00. The van der Waals surface area contributed by atoms with Crippen LogP contribution >= 0.6 is 0 Å². The first-order chi connectivity index (χ1) is 6.12. The lowest BCUT2D eigenvalue weighted by atomic mass is 9.93. The molecular formula is C9H16O4. The second kappa shape index (κ2) is 2.92. The summed E-state index contributed by atoms with van der Waals surface area (Å²) >= 11 is 0. The smallest absolute Gasteiger partial charge is 0.146 e. The van der Waals surface area contributed by atoms with E-state index in [9.17, 15) is 5.11 Å². The predicted octanol–water partition coefficient (Wildman–Crippen LogP) is -0.0615. The molecule has 0 amide bonds. The summed E-state index contributed by atoms with van der Waals surface area (Å²) in [4.78, 5) is 0. The molecule has 13 heavy (non-hydrogen) atoms. The van der Waals surface area contributed by atoms with Crippen molar-refractivity contribution in [3.05, 3.63) is 0 Å². The van der Waals surface area contributed by atoms with Crippen LogP contribution in [0.15, 0.2) is 0 Å². The first kappa shape index (κ1) is 9.40. The van der Waals surface area contributed by atoms with Crippen molar-refractivity contribution in [3.8, 4) is 0 Å². The van der Waals surface area contributed by atoms with Crippen LogP contribution in [0.2, 0.25) is 0 Å². The van der Waals surface area contributed by atoms with Crippen molar-refractivity contribution in [2.24, 2.45) is 0 Å². The Labute approximate surface area is 77.8 Å². The third kappa shape index (κ3) is 1.06. The number of methoxy groups -OCH3 is 1. The van der Waals surface area contributed by atoms with Gasteiger partial charge in [-0.2, -0.15) is 0 Å². The van der Waals surface area contributed by atoms with E-state index in [0.29, 0.717) is 6.61 Å². The van der Waals surface area contributed by atoms with E-state index in [1.165, 1.54) is 0 Å². The maximum Gasteiger partial charge on any atom is 0.146 e. The van der Waals surface area contributed by atoms with Gasteiger partial charge in [-0.05, 0) is 13.8 Å². The van der Waals surface area contributed by atoms with E-state index in [2.05, 4.69) is 0 Å². The molecule has 0 saturated carbocycles. The molecule has 2 aliphatic heterocycles. The number of aliphatic hydroxyl groups is 1. The molecule has 2 rings (SSSR count). The zero-order chi connectivity index (χ0) is 9.64. The van der Waals surface area contributed by atoms with Crippen molar-refractivity contribution in [1.82, 2.24) is 0 Å². The molecule has 5 atom stereocenters. The minimum Gasteiger partial charge on any atom is -0.387 e. The lowest BCUT2D eigenvalue weighted by Gasteiger charge is -2.33. The van der Waals surface area contributed by atoms with Crippen LogP contribution in [-0.2, 0) is 14.2 Å². The summed E-state index contributed by atoms with van der Waals surface area (Å²) < 4.78 is 16.4. The van der Waals surface area contributed by atoms with Crippen LogP contribution in [0.5, 0.6) is 0 Å². The van der Waals surface area contributed by atoms with E-state index in [1.807, 2.05) is 13.8 Å². The van der Waals surface area contributed by atoms with Crippen LogP contribution in [0.4, 0.5) is 0 Å². The first-order valence-corrected chi connectivity index (χ1v) is 4.62. The molecule has 2 heterocycles. The van der Waals surface area contributed by atoms with Gasteiger partial charge < -0.3 is 19.3 Å². The molecule has 1 unspecified atom stereocenters. The van der Waals surface area contributed by atoms with Crippen molar-refractivity contribution in [2.75, 3.05) is 13.7 Å². The molecule has 0 spiro atoms. The Morgan fingerprint density at radius 3 is 2.69 bits per heavy atom. The predicted molar refractivity (Wildman–Crippen MR) is 45.5 cm³/mol. The largest absolute Gasteiger partial charge is 0.387 e. The topological polar surface area (TPSA) is 47.9 Å². The molecule has 0 aromatic rings. The van der Waals surface area contributed by atoms with Crippen molar-refractivity contribution in [3.63, 3.8) is 0 Å². The zero-order valence-electron chi connectivity index (χ0n) is 8.19. The maximum atomic E-state index is 9.92. The minimum atomic E-state index is -0.640. The summed E-state index contributed by atoms with van der Waals surface area (Å²) in [5.74, 6) is 0. The Bertz CT molecular complexity index is 208. The van der Waals surface area contributed by atoms with E-state index >= 15 is 0 Å². The van der Waals surface area contributed by atoms with Crippen LogP contribution in [0.25, 0.3) is 0 Å². The molecule has 2 fully saturated rings. The summed E-state index contributed by atoms with van der Waals surface area (Å²) in [6.07, 6.45) is -0.922. The number of aliphatic hydroxyl groups excluding tert-OH is 1. The average Bonchev–Trinajstić information content (AvgIpc) is 2.56. The fourth-order valence-corrected chi connectivity index (χ4v) is 2.24. The van der Waals surface area contributed by atoms with Crippen LogP contribution in [0.3, 0.4) is 0 Å². The summed E-state index contributed by atoms with van der Waals surface area (Å²) in [5, 5.41) is 9.92. The van der Waals surface area contributed by atoms with Crippen molar-refractivity contribution < 1.29 is 19.3 Å². The van der Waals surface area contributed by atoms with E-state index in [0.717, 1.165) is 0 Å². The quantitative estimate of drug-likeness (QED) is 0.659. The number of rotatable bonds is 2. The fourth-order valence-electron chi connectivity index (χ4n) is 2.24. The summed E-state index contributed by atoms with van der Waals surface area (Å²) in [5.41, 5.74) is -0.640. The average molecular weight is 188 g/mol. The van der Waals surface area contributed by atoms with Gasteiger partial charge in [-0.15, -0.1) is 0 Å². The van der Waals surface area contributed by atoms with E-state index in [-0.39, 0.29) is 18.3 Å². The second-order valence-electron chi connectivity index (χ2n) is 3.88. The molecule has 4 heteroatoms. The van der Waals surface area contributed by atoms with Gasteiger partial charge in [-0.1, -0.05) is 0 Å². The molecule has 4 nitrogen and oxygen atoms in total. The van der Waals surface area contributed by atoms with Crippen molar-refractivity contribution in [1.29, 1.82) is 0 Å². The Balaban J connectivity index is 2.23. The normalized spacial score (nSPS) is 51.2. The van der Waals surface area contributed by atoms with Gasteiger partial charge in [-0.3, -0.25) is 0 Å². The lowest BCUT2D eigenvalue weighted by molar-refractivity contribution is -0.185. The lowest BCUT2D eigenvalue weighted by Crippen LogP contribution is -2.50. The van der Waals surface area contributed by atoms with Gasteiger partial charge in [0.05, 0.1) is 18.8 Å².